The standard InChI is InChI=1S/C8H17NO2SSi/c1-10-13(11-2)7-5-3-4-6-12-8-9/h13H,3-7H2,1-2H3. The maximum absolute atomic E-state index is 8.27. The largest absolute Gasteiger partial charge is 0.400 e. The highest BCUT2D eigenvalue weighted by molar-refractivity contribution is 8.03. The van der Waals surface area contributed by atoms with Crippen LogP contribution < -0.4 is 0 Å². The summed E-state index contributed by atoms with van der Waals surface area (Å²) < 4.78 is 10.4. The zero-order chi connectivity index (χ0) is 9.94. The molecule has 5 heteroatoms. The first-order valence-electron chi connectivity index (χ1n) is 4.41. The average molecular weight is 219 g/mol. The van der Waals surface area contributed by atoms with E-state index in [0.29, 0.717) is 0 Å². The maximum Gasteiger partial charge on any atom is 0.320 e. The number of hydrogen-bond acceptors (Lipinski definition) is 4. The van der Waals surface area contributed by atoms with Crippen molar-refractivity contribution in [3.8, 4) is 5.40 Å². The van der Waals surface area contributed by atoms with Crippen LogP contribution in [0.25, 0.3) is 0 Å². The summed E-state index contributed by atoms with van der Waals surface area (Å²) in [4.78, 5) is 0. The van der Waals surface area contributed by atoms with Crippen molar-refractivity contribution >= 4 is 21.0 Å². The molecule has 0 unspecified atom stereocenters. The Balaban J connectivity index is 3.11. The van der Waals surface area contributed by atoms with Crippen LogP contribution in [0.3, 0.4) is 0 Å². The van der Waals surface area contributed by atoms with E-state index in [1.54, 1.807) is 14.2 Å². The van der Waals surface area contributed by atoms with E-state index in [2.05, 4.69) is 5.40 Å². The third-order valence-electron chi connectivity index (χ3n) is 1.78. The molecule has 0 N–H and O–H groups in total. The van der Waals surface area contributed by atoms with Gasteiger partial charge in [0.15, 0.2) is 0 Å². The summed E-state index contributed by atoms with van der Waals surface area (Å²) in [5, 5.41) is 10.3. The lowest BCUT2D eigenvalue weighted by Gasteiger charge is -2.09. The first kappa shape index (κ1) is 13.0. The van der Waals surface area contributed by atoms with Crippen molar-refractivity contribution in [2.45, 2.75) is 25.3 Å². The zero-order valence-electron chi connectivity index (χ0n) is 8.28. The topological polar surface area (TPSA) is 42.2 Å². The van der Waals surface area contributed by atoms with Gasteiger partial charge in [-0.15, -0.1) is 0 Å². The van der Waals surface area contributed by atoms with E-state index in [1.807, 2.05) is 0 Å². The van der Waals surface area contributed by atoms with Gasteiger partial charge in [-0.05, 0) is 24.2 Å². The molecule has 13 heavy (non-hydrogen) atoms. The lowest BCUT2D eigenvalue weighted by atomic mass is 10.3. The van der Waals surface area contributed by atoms with Crippen LogP contribution in [0.5, 0.6) is 0 Å². The van der Waals surface area contributed by atoms with Crippen LogP contribution in [-0.4, -0.2) is 29.3 Å². The number of thiocyanates is 1. The van der Waals surface area contributed by atoms with Crippen molar-refractivity contribution in [3.05, 3.63) is 0 Å². The predicted octanol–water partition coefficient (Wildman–Crippen LogP) is 1.88. The molecular weight excluding hydrogens is 202 g/mol. The van der Waals surface area contributed by atoms with Gasteiger partial charge in [0.05, 0.1) is 0 Å². The molecule has 0 aromatic heterocycles. The minimum Gasteiger partial charge on any atom is -0.400 e. The molecule has 0 aromatic rings. The minimum absolute atomic E-state index is 0.947. The quantitative estimate of drug-likeness (QED) is 0.355. The Bertz CT molecular complexity index is 148. The fourth-order valence-corrected chi connectivity index (χ4v) is 2.77. The fraction of sp³-hybridized carbons (Fsp3) is 0.875. The summed E-state index contributed by atoms with van der Waals surface area (Å²) in [6, 6.07) is 1.07. The lowest BCUT2D eigenvalue weighted by molar-refractivity contribution is 0.276. The third-order valence-corrected chi connectivity index (χ3v) is 4.33. The molecule has 0 atom stereocenters. The second-order valence-electron chi connectivity index (χ2n) is 2.69. The number of rotatable bonds is 8. The van der Waals surface area contributed by atoms with Crippen molar-refractivity contribution in [1.29, 1.82) is 5.26 Å². The molecule has 0 saturated carbocycles. The molecule has 0 bridgehead atoms. The molecule has 0 aliphatic rings. The Labute approximate surface area is 86.3 Å². The van der Waals surface area contributed by atoms with Crippen LogP contribution in [-0.2, 0) is 8.85 Å². The number of nitrogens with zero attached hydrogens (tertiary/aromatic N) is 1. The first-order chi connectivity index (χ1) is 6.35. The number of unbranched alkanes of at least 4 members (excludes halogenated alkanes) is 2. The summed E-state index contributed by atoms with van der Waals surface area (Å²) in [6.07, 6.45) is 3.45. The number of hydrogen-bond donors (Lipinski definition) is 0. The molecule has 76 valence electrons. The molecule has 3 nitrogen and oxygen atoms in total. The van der Waals surface area contributed by atoms with Crippen LogP contribution in [0.4, 0.5) is 0 Å². The van der Waals surface area contributed by atoms with E-state index in [-0.39, 0.29) is 0 Å². The molecule has 0 aliphatic carbocycles. The van der Waals surface area contributed by atoms with E-state index in [9.17, 15) is 0 Å². The van der Waals surface area contributed by atoms with Crippen LogP contribution in [0.1, 0.15) is 19.3 Å². The van der Waals surface area contributed by atoms with Gasteiger partial charge >= 0.3 is 9.28 Å². The molecule has 0 heterocycles. The molecule has 0 radical (unpaired) electrons. The van der Waals surface area contributed by atoms with E-state index in [1.165, 1.54) is 18.2 Å². The molecule has 0 rings (SSSR count). The zero-order valence-corrected chi connectivity index (χ0v) is 10.3. The number of nitriles is 1. The van der Waals surface area contributed by atoms with Crippen molar-refractivity contribution in [3.63, 3.8) is 0 Å². The van der Waals surface area contributed by atoms with Gasteiger partial charge < -0.3 is 8.85 Å². The lowest BCUT2D eigenvalue weighted by Crippen LogP contribution is -2.18. The molecule has 0 saturated heterocycles. The molecule has 0 aliphatic heterocycles. The van der Waals surface area contributed by atoms with Crippen molar-refractivity contribution in [2.75, 3.05) is 20.0 Å². The van der Waals surface area contributed by atoms with Crippen molar-refractivity contribution in [2.24, 2.45) is 0 Å². The first-order valence-corrected chi connectivity index (χ1v) is 7.16. The van der Waals surface area contributed by atoms with E-state index in [0.717, 1.165) is 24.6 Å². The summed E-state index contributed by atoms with van der Waals surface area (Å²) in [5.41, 5.74) is 0. The third kappa shape index (κ3) is 8.31. The van der Waals surface area contributed by atoms with Gasteiger partial charge in [-0.2, -0.15) is 5.26 Å². The van der Waals surface area contributed by atoms with Gasteiger partial charge in [-0.25, -0.2) is 0 Å². The highest BCUT2D eigenvalue weighted by Crippen LogP contribution is 2.08. The molecule has 0 amide bonds. The van der Waals surface area contributed by atoms with E-state index in [4.69, 9.17) is 14.1 Å². The molecule has 0 spiro atoms. The highest BCUT2D eigenvalue weighted by atomic mass is 32.2. The Kier molecular flexibility index (Phi) is 10.0. The SMILES string of the molecule is CO[SiH](CCCCCSC#N)OC. The van der Waals surface area contributed by atoms with E-state index >= 15 is 0 Å². The summed E-state index contributed by atoms with van der Waals surface area (Å²) in [5.74, 6) is 0.947. The molecule has 0 fully saturated rings. The summed E-state index contributed by atoms with van der Waals surface area (Å²) in [6.45, 7) is 0. The van der Waals surface area contributed by atoms with Gasteiger partial charge in [0, 0.05) is 20.0 Å². The predicted molar refractivity (Wildman–Crippen MR) is 57.9 cm³/mol. The fourth-order valence-electron chi connectivity index (χ4n) is 1.04. The van der Waals surface area contributed by atoms with Gasteiger partial charge in [0.2, 0.25) is 0 Å². The molecular formula is C8H17NO2SSi. The van der Waals surface area contributed by atoms with Gasteiger partial charge in [0.25, 0.3) is 0 Å². The Morgan fingerprint density at radius 2 is 1.92 bits per heavy atom. The van der Waals surface area contributed by atoms with Crippen LogP contribution in [0, 0.1) is 10.7 Å². The van der Waals surface area contributed by atoms with Gasteiger partial charge in [-0.1, -0.05) is 12.8 Å². The summed E-state index contributed by atoms with van der Waals surface area (Å²) in [7, 11) is 2.11. The minimum atomic E-state index is -1.32. The Hall–Kier alpha value is -0.0231. The molecule has 0 aromatic carbocycles. The van der Waals surface area contributed by atoms with Gasteiger partial charge in [0.1, 0.15) is 5.40 Å². The highest BCUT2D eigenvalue weighted by Gasteiger charge is 2.07. The van der Waals surface area contributed by atoms with Crippen molar-refractivity contribution < 1.29 is 8.85 Å². The normalized spacial score (nSPS) is 10.3. The summed E-state index contributed by atoms with van der Waals surface area (Å²) >= 11 is 1.33. The average Bonchev–Trinajstić information content (AvgIpc) is 2.17. The van der Waals surface area contributed by atoms with E-state index < -0.39 is 9.28 Å². The van der Waals surface area contributed by atoms with Crippen molar-refractivity contribution in [1.82, 2.24) is 0 Å². The Morgan fingerprint density at radius 3 is 2.46 bits per heavy atom. The number of thioether (sulfide) groups is 1. The second kappa shape index (κ2) is 10.1. The Morgan fingerprint density at radius 1 is 1.23 bits per heavy atom. The smallest absolute Gasteiger partial charge is 0.320 e. The van der Waals surface area contributed by atoms with Gasteiger partial charge in [-0.3, -0.25) is 0 Å². The van der Waals surface area contributed by atoms with Crippen LogP contribution >= 0.6 is 11.8 Å². The van der Waals surface area contributed by atoms with Crippen LogP contribution in [0.2, 0.25) is 6.04 Å². The second-order valence-corrected chi connectivity index (χ2v) is 5.95. The monoisotopic (exact) mass is 219 g/mol. The maximum atomic E-state index is 8.27. The van der Waals surface area contributed by atoms with Crippen LogP contribution in [0.15, 0.2) is 0 Å².